The van der Waals surface area contributed by atoms with Crippen molar-refractivity contribution in [2.75, 3.05) is 39.3 Å². The summed E-state index contributed by atoms with van der Waals surface area (Å²) in [4.78, 5) is 10.5. The lowest BCUT2D eigenvalue weighted by Crippen LogP contribution is -2.61. The van der Waals surface area contributed by atoms with Crippen LogP contribution >= 0.6 is 11.3 Å². The number of thiophene rings is 1. The van der Waals surface area contributed by atoms with Crippen LogP contribution in [0.3, 0.4) is 0 Å². The average molecular weight is 305 g/mol. The lowest BCUT2D eigenvalue weighted by molar-refractivity contribution is 0.0681. The predicted molar refractivity (Wildman–Crippen MR) is 81.1 cm³/mol. The molecule has 0 aliphatic carbocycles. The van der Waals surface area contributed by atoms with E-state index in [4.69, 9.17) is 4.52 Å². The van der Waals surface area contributed by atoms with E-state index in [-0.39, 0.29) is 0 Å². The molecule has 2 aromatic rings. The van der Waals surface area contributed by atoms with Gasteiger partial charge >= 0.3 is 0 Å². The monoisotopic (exact) mass is 305 g/mol. The van der Waals surface area contributed by atoms with E-state index in [2.05, 4.69) is 25.3 Å². The van der Waals surface area contributed by atoms with Gasteiger partial charge in [-0.05, 0) is 11.4 Å². The zero-order valence-corrected chi connectivity index (χ0v) is 12.7. The number of hydrogen-bond donors (Lipinski definition) is 1. The van der Waals surface area contributed by atoms with Crippen LogP contribution in [0.15, 0.2) is 22.0 Å². The number of piperazine rings is 1. The van der Waals surface area contributed by atoms with Crippen LogP contribution in [-0.2, 0) is 6.54 Å². The van der Waals surface area contributed by atoms with Gasteiger partial charge in [0.15, 0.2) is 5.82 Å². The number of nitrogens with zero attached hydrogens (tertiary/aromatic N) is 4. The second-order valence-corrected chi connectivity index (χ2v) is 6.56. The quantitative estimate of drug-likeness (QED) is 0.905. The molecule has 0 atom stereocenters. The van der Waals surface area contributed by atoms with Crippen molar-refractivity contribution in [3.05, 3.63) is 23.3 Å². The second-order valence-electron chi connectivity index (χ2n) is 5.62. The summed E-state index contributed by atoms with van der Waals surface area (Å²) in [5, 5.41) is 9.46. The van der Waals surface area contributed by atoms with Crippen LogP contribution in [-0.4, -0.2) is 65.3 Å². The van der Waals surface area contributed by atoms with Crippen LogP contribution < -0.4 is 5.32 Å². The fourth-order valence-electron chi connectivity index (χ4n) is 2.84. The van der Waals surface area contributed by atoms with Gasteiger partial charge in [-0.2, -0.15) is 4.98 Å². The maximum Gasteiger partial charge on any atom is 0.268 e. The van der Waals surface area contributed by atoms with Crippen molar-refractivity contribution < 1.29 is 4.52 Å². The normalized spacial score (nSPS) is 21.5. The Morgan fingerprint density at radius 2 is 2.14 bits per heavy atom. The summed E-state index contributed by atoms with van der Waals surface area (Å²) < 4.78 is 5.34. The first-order valence-corrected chi connectivity index (χ1v) is 8.30. The standard InChI is InChI=1S/C14H19N5OS/c1-2-12(21-7-1)14-16-13(17-20-14)10-18-3-5-19(6-4-18)11-8-15-9-11/h1-2,7,11,15H,3-6,8-10H2. The van der Waals surface area contributed by atoms with Crippen molar-refractivity contribution >= 4 is 11.3 Å². The molecule has 0 radical (unpaired) electrons. The van der Waals surface area contributed by atoms with E-state index in [1.807, 2.05) is 17.5 Å². The summed E-state index contributed by atoms with van der Waals surface area (Å²) in [7, 11) is 0. The lowest BCUT2D eigenvalue weighted by Gasteiger charge is -2.43. The highest BCUT2D eigenvalue weighted by Gasteiger charge is 2.28. The van der Waals surface area contributed by atoms with Crippen LogP contribution in [0, 0.1) is 0 Å². The van der Waals surface area contributed by atoms with E-state index >= 15 is 0 Å². The molecule has 0 spiro atoms. The van der Waals surface area contributed by atoms with Crippen molar-refractivity contribution in [1.29, 1.82) is 0 Å². The summed E-state index contributed by atoms with van der Waals surface area (Å²) in [6, 6.07) is 4.76. The molecule has 112 valence electrons. The number of hydrogen-bond acceptors (Lipinski definition) is 7. The first-order valence-electron chi connectivity index (χ1n) is 7.42. The number of aromatic nitrogens is 2. The molecule has 4 rings (SSSR count). The molecule has 21 heavy (non-hydrogen) atoms. The second kappa shape index (κ2) is 5.84. The highest BCUT2D eigenvalue weighted by atomic mass is 32.1. The third-order valence-corrected chi connectivity index (χ3v) is 5.11. The van der Waals surface area contributed by atoms with E-state index in [1.54, 1.807) is 11.3 Å². The van der Waals surface area contributed by atoms with Crippen LogP contribution in [0.2, 0.25) is 0 Å². The summed E-state index contributed by atoms with van der Waals surface area (Å²) >= 11 is 1.63. The highest BCUT2D eigenvalue weighted by Crippen LogP contribution is 2.22. The molecule has 0 aromatic carbocycles. The Labute approximate surface area is 127 Å². The topological polar surface area (TPSA) is 57.4 Å². The van der Waals surface area contributed by atoms with Crippen molar-refractivity contribution in [3.63, 3.8) is 0 Å². The summed E-state index contributed by atoms with van der Waals surface area (Å²) in [5.41, 5.74) is 0. The van der Waals surface area contributed by atoms with Crippen molar-refractivity contribution in [2.24, 2.45) is 0 Å². The first kappa shape index (κ1) is 13.4. The van der Waals surface area contributed by atoms with Crippen LogP contribution in [0.4, 0.5) is 0 Å². The fraction of sp³-hybridized carbons (Fsp3) is 0.571. The third-order valence-electron chi connectivity index (χ3n) is 4.25. The van der Waals surface area contributed by atoms with Gasteiger partial charge in [0.25, 0.3) is 5.89 Å². The minimum absolute atomic E-state index is 0.638. The maximum absolute atomic E-state index is 5.34. The van der Waals surface area contributed by atoms with E-state index in [1.165, 1.54) is 0 Å². The molecule has 4 heterocycles. The Morgan fingerprint density at radius 3 is 2.81 bits per heavy atom. The van der Waals surface area contributed by atoms with E-state index < -0.39 is 0 Å². The zero-order valence-electron chi connectivity index (χ0n) is 11.9. The Hall–Kier alpha value is -1.28. The largest absolute Gasteiger partial charge is 0.333 e. The predicted octanol–water partition coefficient (Wildman–Crippen LogP) is 0.887. The van der Waals surface area contributed by atoms with Gasteiger partial charge in [0, 0.05) is 45.3 Å². The fourth-order valence-corrected chi connectivity index (χ4v) is 3.48. The molecule has 1 N–H and O–H groups in total. The summed E-state index contributed by atoms with van der Waals surface area (Å²) in [6.45, 7) is 7.53. The Balaban J connectivity index is 1.32. The zero-order chi connectivity index (χ0) is 14.1. The molecule has 0 unspecified atom stereocenters. The van der Waals surface area contributed by atoms with Crippen LogP contribution in [0.25, 0.3) is 10.8 Å². The van der Waals surface area contributed by atoms with Crippen LogP contribution in [0.5, 0.6) is 0 Å². The van der Waals surface area contributed by atoms with Gasteiger partial charge < -0.3 is 9.84 Å². The molecule has 7 heteroatoms. The van der Waals surface area contributed by atoms with Gasteiger partial charge in [-0.1, -0.05) is 11.2 Å². The molecule has 2 fully saturated rings. The van der Waals surface area contributed by atoms with E-state index in [0.717, 1.165) is 62.6 Å². The first-order chi connectivity index (χ1) is 10.4. The van der Waals surface area contributed by atoms with Crippen LogP contribution in [0.1, 0.15) is 5.82 Å². The van der Waals surface area contributed by atoms with Crippen molar-refractivity contribution in [2.45, 2.75) is 12.6 Å². The van der Waals surface area contributed by atoms with Gasteiger partial charge in [-0.3, -0.25) is 9.80 Å². The number of nitrogens with one attached hydrogen (secondary N) is 1. The van der Waals surface area contributed by atoms with Gasteiger partial charge in [0.2, 0.25) is 0 Å². The minimum atomic E-state index is 0.638. The molecule has 6 nitrogen and oxygen atoms in total. The van der Waals surface area contributed by atoms with Crippen molar-refractivity contribution in [1.82, 2.24) is 25.3 Å². The third kappa shape index (κ3) is 2.87. The van der Waals surface area contributed by atoms with Gasteiger partial charge in [0.05, 0.1) is 11.4 Å². The molecule has 0 amide bonds. The Bertz CT molecular complexity index is 572. The average Bonchev–Trinajstić information content (AvgIpc) is 3.09. The van der Waals surface area contributed by atoms with Crippen molar-refractivity contribution in [3.8, 4) is 10.8 Å². The molecule has 0 bridgehead atoms. The summed E-state index contributed by atoms with van der Waals surface area (Å²) in [6.07, 6.45) is 0. The van der Waals surface area contributed by atoms with E-state index in [9.17, 15) is 0 Å². The molecule has 2 saturated heterocycles. The minimum Gasteiger partial charge on any atom is -0.333 e. The van der Waals surface area contributed by atoms with Gasteiger partial charge in [-0.15, -0.1) is 11.3 Å². The summed E-state index contributed by atoms with van der Waals surface area (Å²) in [5.74, 6) is 1.43. The lowest BCUT2D eigenvalue weighted by atomic mass is 10.1. The molecule has 2 aliphatic heterocycles. The van der Waals surface area contributed by atoms with Gasteiger partial charge in [-0.25, -0.2) is 0 Å². The Kier molecular flexibility index (Phi) is 3.72. The number of rotatable bonds is 4. The molecular weight excluding hydrogens is 286 g/mol. The molecule has 0 saturated carbocycles. The van der Waals surface area contributed by atoms with Gasteiger partial charge in [0.1, 0.15) is 0 Å². The van der Waals surface area contributed by atoms with E-state index in [0.29, 0.717) is 5.89 Å². The molecule has 2 aliphatic rings. The molecule has 2 aromatic heterocycles. The smallest absolute Gasteiger partial charge is 0.268 e. The Morgan fingerprint density at radius 1 is 1.29 bits per heavy atom. The SMILES string of the molecule is c1csc(-c2nc(CN3CCN(C4CNC4)CC3)no2)c1. The molecular formula is C14H19N5OS. The highest BCUT2D eigenvalue weighted by molar-refractivity contribution is 7.13. The maximum atomic E-state index is 5.34.